The fourth-order valence-electron chi connectivity index (χ4n) is 2.88. The second kappa shape index (κ2) is 7.13. The lowest BCUT2D eigenvalue weighted by Gasteiger charge is -2.28. The van der Waals surface area contributed by atoms with Crippen LogP contribution in [0.1, 0.15) is 65.7 Å². The van der Waals surface area contributed by atoms with Crippen molar-refractivity contribution in [3.63, 3.8) is 0 Å². The highest BCUT2D eigenvalue weighted by Crippen LogP contribution is 2.25. The van der Waals surface area contributed by atoms with Gasteiger partial charge in [0.1, 0.15) is 0 Å². The van der Waals surface area contributed by atoms with E-state index in [9.17, 15) is 0 Å². The van der Waals surface area contributed by atoms with Gasteiger partial charge in [0.25, 0.3) is 0 Å². The smallest absolute Gasteiger partial charge is 0.0963 e. The Hall–Kier alpha value is -0.570. The minimum Gasteiger partial charge on any atom is -0.387 e. The molecule has 0 aromatic rings. The van der Waals surface area contributed by atoms with Crippen LogP contribution in [0.5, 0.6) is 0 Å². The maximum atomic E-state index is 7.56. The van der Waals surface area contributed by atoms with E-state index in [0.717, 1.165) is 12.5 Å². The quantitative estimate of drug-likeness (QED) is 0.396. The molecule has 1 aliphatic carbocycles. The predicted octanol–water partition coefficient (Wildman–Crippen LogP) is 3.38. The molecular formula is C15H31N3. The van der Waals surface area contributed by atoms with Gasteiger partial charge in [-0.3, -0.25) is 5.41 Å². The molecule has 106 valence electrons. The van der Waals surface area contributed by atoms with Crippen molar-refractivity contribution < 1.29 is 0 Å². The summed E-state index contributed by atoms with van der Waals surface area (Å²) >= 11 is 0. The summed E-state index contributed by atoms with van der Waals surface area (Å²) in [4.78, 5) is 2.65. The summed E-state index contributed by atoms with van der Waals surface area (Å²) in [6.07, 6.45) is 9.07. The van der Waals surface area contributed by atoms with E-state index in [1.807, 2.05) is 0 Å². The van der Waals surface area contributed by atoms with Crippen molar-refractivity contribution >= 4 is 5.84 Å². The average Bonchev–Trinajstić information content (AvgIpc) is 2.82. The Bertz CT molecular complexity index is 254. The van der Waals surface area contributed by atoms with Gasteiger partial charge in [-0.1, -0.05) is 40.0 Å². The number of rotatable bonds is 8. The first-order valence-corrected chi connectivity index (χ1v) is 7.56. The fraction of sp³-hybridized carbons (Fsp3) is 0.933. The molecule has 0 bridgehead atoms. The molecule has 1 saturated carbocycles. The van der Waals surface area contributed by atoms with Gasteiger partial charge in [-0.05, 0) is 38.8 Å². The summed E-state index contributed by atoms with van der Waals surface area (Å²) in [5.74, 6) is 0.325. The van der Waals surface area contributed by atoms with E-state index < -0.39 is 0 Å². The first-order chi connectivity index (χ1) is 8.47. The van der Waals surface area contributed by atoms with Crippen LogP contribution in [-0.2, 0) is 0 Å². The highest BCUT2D eigenvalue weighted by molar-refractivity contribution is 5.82. The predicted molar refractivity (Wildman–Crippen MR) is 79.0 cm³/mol. The molecule has 0 heterocycles. The van der Waals surface area contributed by atoms with Crippen molar-refractivity contribution in [2.75, 3.05) is 13.1 Å². The topological polar surface area (TPSA) is 53.1 Å². The summed E-state index contributed by atoms with van der Waals surface area (Å²) in [6.45, 7) is 8.82. The van der Waals surface area contributed by atoms with Crippen LogP contribution in [-0.4, -0.2) is 29.9 Å². The Labute approximate surface area is 113 Å². The molecule has 3 heteroatoms. The van der Waals surface area contributed by atoms with E-state index in [1.165, 1.54) is 51.6 Å². The van der Waals surface area contributed by atoms with E-state index in [2.05, 4.69) is 25.7 Å². The third-order valence-corrected chi connectivity index (χ3v) is 4.47. The summed E-state index contributed by atoms with van der Waals surface area (Å²) in [7, 11) is 0. The summed E-state index contributed by atoms with van der Waals surface area (Å²) in [5.41, 5.74) is 5.49. The van der Waals surface area contributed by atoms with Gasteiger partial charge in [-0.2, -0.15) is 0 Å². The summed E-state index contributed by atoms with van der Waals surface area (Å²) in [5, 5.41) is 7.56. The molecule has 1 rings (SSSR count). The zero-order valence-corrected chi connectivity index (χ0v) is 12.5. The zero-order chi connectivity index (χ0) is 13.6. The lowest BCUT2D eigenvalue weighted by molar-refractivity contribution is 0.202. The van der Waals surface area contributed by atoms with E-state index in [-0.39, 0.29) is 5.41 Å². The Morgan fingerprint density at radius 1 is 1.28 bits per heavy atom. The zero-order valence-electron chi connectivity index (χ0n) is 12.5. The molecule has 0 atom stereocenters. The molecule has 18 heavy (non-hydrogen) atoms. The van der Waals surface area contributed by atoms with Crippen molar-refractivity contribution in [2.24, 2.45) is 11.1 Å². The SMILES string of the molecule is CCN(CCCCC(C)(C)C(=N)N)C1CCCC1. The van der Waals surface area contributed by atoms with Gasteiger partial charge in [0.05, 0.1) is 5.84 Å². The van der Waals surface area contributed by atoms with Crippen LogP contribution < -0.4 is 5.73 Å². The molecule has 0 unspecified atom stereocenters. The van der Waals surface area contributed by atoms with Gasteiger partial charge >= 0.3 is 0 Å². The number of nitrogens with zero attached hydrogens (tertiary/aromatic N) is 1. The van der Waals surface area contributed by atoms with Crippen LogP contribution in [0, 0.1) is 10.8 Å². The molecule has 1 aliphatic rings. The normalized spacial score (nSPS) is 17.6. The number of hydrogen-bond donors (Lipinski definition) is 2. The van der Waals surface area contributed by atoms with Gasteiger partial charge in [0.15, 0.2) is 0 Å². The van der Waals surface area contributed by atoms with Crippen molar-refractivity contribution in [3.05, 3.63) is 0 Å². The number of nitrogens with two attached hydrogens (primary N) is 1. The average molecular weight is 253 g/mol. The molecule has 0 aromatic heterocycles. The minimum absolute atomic E-state index is 0.121. The van der Waals surface area contributed by atoms with Crippen LogP contribution in [0.3, 0.4) is 0 Å². The number of nitrogens with one attached hydrogen (secondary N) is 1. The number of unbranched alkanes of at least 4 members (excludes halogenated alkanes) is 1. The monoisotopic (exact) mass is 253 g/mol. The molecule has 0 saturated heterocycles. The molecular weight excluding hydrogens is 222 g/mol. The molecule has 3 nitrogen and oxygen atoms in total. The maximum absolute atomic E-state index is 7.56. The van der Waals surface area contributed by atoms with Crippen LogP contribution in [0.4, 0.5) is 0 Å². The van der Waals surface area contributed by atoms with Crippen LogP contribution in [0.25, 0.3) is 0 Å². The van der Waals surface area contributed by atoms with Gasteiger partial charge in [-0.25, -0.2) is 0 Å². The first kappa shape index (κ1) is 15.5. The summed E-state index contributed by atoms with van der Waals surface area (Å²) < 4.78 is 0. The Balaban J connectivity index is 2.21. The fourth-order valence-corrected chi connectivity index (χ4v) is 2.88. The maximum Gasteiger partial charge on any atom is 0.0963 e. The Morgan fingerprint density at radius 3 is 2.39 bits per heavy atom. The number of hydrogen-bond acceptors (Lipinski definition) is 2. The molecule has 0 aromatic carbocycles. The molecule has 1 fully saturated rings. The molecule has 0 radical (unpaired) electrons. The molecule has 3 N–H and O–H groups in total. The van der Waals surface area contributed by atoms with E-state index >= 15 is 0 Å². The van der Waals surface area contributed by atoms with Gasteiger partial charge < -0.3 is 10.6 Å². The summed E-state index contributed by atoms with van der Waals surface area (Å²) in [6, 6.07) is 0.843. The van der Waals surface area contributed by atoms with Crippen molar-refractivity contribution in [3.8, 4) is 0 Å². The third kappa shape index (κ3) is 4.60. The largest absolute Gasteiger partial charge is 0.387 e. The Morgan fingerprint density at radius 2 is 1.89 bits per heavy atom. The van der Waals surface area contributed by atoms with Crippen molar-refractivity contribution in [1.82, 2.24) is 4.90 Å². The third-order valence-electron chi connectivity index (χ3n) is 4.47. The molecule has 0 spiro atoms. The van der Waals surface area contributed by atoms with Crippen LogP contribution >= 0.6 is 0 Å². The Kier molecular flexibility index (Phi) is 6.13. The van der Waals surface area contributed by atoms with E-state index in [1.54, 1.807) is 0 Å². The molecule has 0 aliphatic heterocycles. The van der Waals surface area contributed by atoms with Gasteiger partial charge in [-0.15, -0.1) is 0 Å². The highest BCUT2D eigenvalue weighted by Gasteiger charge is 2.23. The van der Waals surface area contributed by atoms with E-state index in [0.29, 0.717) is 5.84 Å². The van der Waals surface area contributed by atoms with Gasteiger partial charge in [0.2, 0.25) is 0 Å². The molecule has 0 amide bonds. The van der Waals surface area contributed by atoms with Crippen molar-refractivity contribution in [2.45, 2.75) is 71.8 Å². The van der Waals surface area contributed by atoms with Crippen molar-refractivity contribution in [1.29, 1.82) is 5.41 Å². The van der Waals surface area contributed by atoms with Crippen LogP contribution in [0.15, 0.2) is 0 Å². The number of amidine groups is 1. The standard InChI is InChI=1S/C15H31N3/c1-4-18(13-9-5-6-10-13)12-8-7-11-15(2,3)14(16)17/h13H,4-12H2,1-3H3,(H3,16,17). The highest BCUT2D eigenvalue weighted by atomic mass is 15.1. The lowest BCUT2D eigenvalue weighted by Crippen LogP contribution is -2.34. The second-order valence-electron chi connectivity index (χ2n) is 6.32. The van der Waals surface area contributed by atoms with E-state index in [4.69, 9.17) is 11.1 Å². The van der Waals surface area contributed by atoms with Gasteiger partial charge in [0, 0.05) is 11.5 Å². The minimum atomic E-state index is -0.121. The lowest BCUT2D eigenvalue weighted by atomic mass is 9.86. The second-order valence-corrected chi connectivity index (χ2v) is 6.32. The first-order valence-electron chi connectivity index (χ1n) is 7.56. The van der Waals surface area contributed by atoms with Crippen LogP contribution in [0.2, 0.25) is 0 Å².